The van der Waals surface area contributed by atoms with Crippen LogP contribution in [0.25, 0.3) is 0 Å². The molecule has 3 aliphatic carbocycles. The molecule has 0 amide bonds. The Morgan fingerprint density at radius 3 is 2.09 bits per heavy atom. The molecule has 0 radical (unpaired) electrons. The molecule has 10 nitrogen and oxygen atoms in total. The Bertz CT molecular complexity index is 1340. The van der Waals surface area contributed by atoms with Gasteiger partial charge in [-0.15, -0.1) is 0 Å². The number of ether oxygens (including phenoxy) is 3. The molecule has 1 aromatic carbocycles. The number of carbonyl (C=O) groups is 3. The Hall–Kier alpha value is -3.05. The summed E-state index contributed by atoms with van der Waals surface area (Å²) >= 11 is 0. The Balaban J connectivity index is 1.72. The average molecular weight is 628 g/mol. The molecule has 0 aromatic heterocycles. The fraction of sp³-hybridized carbons (Fsp3) is 0.629. The number of benzene rings is 1. The summed E-state index contributed by atoms with van der Waals surface area (Å²) < 4.78 is 17.5. The van der Waals surface area contributed by atoms with Crippen LogP contribution >= 0.6 is 0 Å². The van der Waals surface area contributed by atoms with E-state index < -0.39 is 77.3 Å². The number of fused-ring (bicyclic) bond motifs is 3. The van der Waals surface area contributed by atoms with Gasteiger partial charge in [0, 0.05) is 25.7 Å². The summed E-state index contributed by atoms with van der Waals surface area (Å²) in [6.07, 6.45) is -5.87. The Morgan fingerprint density at radius 1 is 0.933 bits per heavy atom. The van der Waals surface area contributed by atoms with E-state index in [1.807, 2.05) is 51.1 Å². The number of aliphatic hydroxyl groups is 3. The van der Waals surface area contributed by atoms with E-state index in [4.69, 9.17) is 14.2 Å². The van der Waals surface area contributed by atoms with E-state index in [1.165, 1.54) is 13.8 Å². The van der Waals surface area contributed by atoms with Crippen LogP contribution in [0, 0.1) is 22.7 Å². The fourth-order valence-electron chi connectivity index (χ4n) is 8.17. The van der Waals surface area contributed by atoms with Crippen LogP contribution in [0.5, 0.6) is 0 Å². The van der Waals surface area contributed by atoms with E-state index in [9.17, 15) is 29.7 Å². The van der Waals surface area contributed by atoms with Gasteiger partial charge < -0.3 is 29.5 Å². The predicted molar refractivity (Wildman–Crippen MR) is 166 cm³/mol. The van der Waals surface area contributed by atoms with Crippen LogP contribution in [0.4, 0.5) is 0 Å². The Labute approximate surface area is 266 Å². The van der Waals surface area contributed by atoms with Crippen molar-refractivity contribution in [1.82, 2.24) is 4.90 Å². The van der Waals surface area contributed by atoms with Crippen LogP contribution < -0.4 is 0 Å². The first kappa shape index (κ1) is 34.8. The van der Waals surface area contributed by atoms with Gasteiger partial charge in [-0.3, -0.25) is 14.5 Å². The van der Waals surface area contributed by atoms with Crippen LogP contribution in [0.1, 0.15) is 72.4 Å². The van der Waals surface area contributed by atoms with Crippen LogP contribution in [0.3, 0.4) is 0 Å². The third kappa shape index (κ3) is 6.35. The molecule has 10 heteroatoms. The summed E-state index contributed by atoms with van der Waals surface area (Å²) in [5.41, 5.74) is 0.809. The molecule has 2 bridgehead atoms. The van der Waals surface area contributed by atoms with Crippen molar-refractivity contribution in [2.24, 2.45) is 22.7 Å². The molecule has 0 spiro atoms. The number of hydrogen-bond donors (Lipinski definition) is 3. The lowest BCUT2D eigenvalue weighted by Crippen LogP contribution is -2.63. The second kappa shape index (κ2) is 13.0. The zero-order valence-corrected chi connectivity index (χ0v) is 27.6. The lowest BCUT2D eigenvalue weighted by molar-refractivity contribution is -0.192. The zero-order valence-electron chi connectivity index (χ0n) is 27.6. The molecule has 2 fully saturated rings. The minimum Gasteiger partial charge on any atom is -0.458 e. The molecule has 0 saturated heterocycles. The molecule has 10 unspecified atom stereocenters. The minimum absolute atomic E-state index is 0.0612. The summed E-state index contributed by atoms with van der Waals surface area (Å²) in [6, 6.07) is 8.48. The highest BCUT2D eigenvalue weighted by Crippen LogP contribution is 2.59. The minimum atomic E-state index is -1.52. The van der Waals surface area contributed by atoms with Crippen LogP contribution in [0.15, 0.2) is 53.6 Å². The third-order valence-corrected chi connectivity index (χ3v) is 10.7. The summed E-state index contributed by atoms with van der Waals surface area (Å²) in [4.78, 5) is 39.7. The van der Waals surface area contributed by atoms with Crippen LogP contribution in [-0.2, 0) is 28.6 Å². The lowest BCUT2D eigenvalue weighted by Gasteiger charge is -2.58. The smallest absolute Gasteiger partial charge is 0.337 e. The van der Waals surface area contributed by atoms with Gasteiger partial charge >= 0.3 is 17.9 Å². The largest absolute Gasteiger partial charge is 0.458 e. The van der Waals surface area contributed by atoms with E-state index in [1.54, 1.807) is 25.9 Å². The highest BCUT2D eigenvalue weighted by molar-refractivity contribution is 5.76. The van der Waals surface area contributed by atoms with E-state index in [2.05, 4.69) is 6.58 Å². The zero-order chi connectivity index (χ0) is 33.6. The van der Waals surface area contributed by atoms with Gasteiger partial charge in [0.15, 0.2) is 12.2 Å². The fourth-order valence-corrected chi connectivity index (χ4v) is 8.17. The summed E-state index contributed by atoms with van der Waals surface area (Å²) in [7, 11) is 3.52. The first-order valence-corrected chi connectivity index (χ1v) is 15.6. The molecular weight excluding hydrogens is 578 g/mol. The van der Waals surface area contributed by atoms with Gasteiger partial charge in [0.25, 0.3) is 0 Å². The molecule has 0 heterocycles. The lowest BCUT2D eigenvalue weighted by atomic mass is 9.49. The Kier molecular flexibility index (Phi) is 10.0. The standard InChI is InChI=1S/C35H49NO9/c1-18-24-15-23-16-25(43-20(3)37)19(2)28(34(23,5)6)31(44-21(4)38)32(41)35(24,7)27(39)17-26(18)45-33(42)30(40)29(36(8)9)22-13-11-10-12-14-22/h10-14,23-27,29-32,39-41H,1,15-17H2,2-9H3. The molecule has 0 aliphatic heterocycles. The van der Waals surface area contributed by atoms with Crippen molar-refractivity contribution >= 4 is 17.9 Å². The highest BCUT2D eigenvalue weighted by Gasteiger charge is 2.61. The number of esters is 3. The molecule has 1 aromatic rings. The molecule has 45 heavy (non-hydrogen) atoms. The van der Waals surface area contributed by atoms with Gasteiger partial charge in [-0.25, -0.2) is 4.79 Å². The molecule has 4 rings (SSSR count). The Morgan fingerprint density at radius 2 is 1.53 bits per heavy atom. The maximum Gasteiger partial charge on any atom is 0.337 e. The van der Waals surface area contributed by atoms with Gasteiger partial charge in [-0.1, -0.05) is 57.7 Å². The van der Waals surface area contributed by atoms with Crippen molar-refractivity contribution in [3.63, 3.8) is 0 Å². The number of aliphatic hydroxyl groups excluding tert-OH is 3. The molecular formula is C35H49NO9. The molecule has 3 aliphatic rings. The molecule has 3 N–H and O–H groups in total. The molecule has 248 valence electrons. The van der Waals surface area contributed by atoms with Crippen molar-refractivity contribution in [1.29, 1.82) is 0 Å². The monoisotopic (exact) mass is 627 g/mol. The summed E-state index contributed by atoms with van der Waals surface area (Å²) in [6.45, 7) is 14.6. The normalized spacial score (nSPS) is 34.1. The third-order valence-electron chi connectivity index (χ3n) is 10.7. The summed E-state index contributed by atoms with van der Waals surface area (Å²) in [5.74, 6) is -2.61. The van der Waals surface area contributed by atoms with Crippen molar-refractivity contribution in [2.45, 2.75) is 103 Å². The van der Waals surface area contributed by atoms with Crippen molar-refractivity contribution in [3.05, 3.63) is 59.2 Å². The first-order valence-electron chi connectivity index (χ1n) is 15.6. The second-order valence-electron chi connectivity index (χ2n) is 14.0. The summed E-state index contributed by atoms with van der Waals surface area (Å²) in [5, 5.41) is 35.1. The van der Waals surface area contributed by atoms with Crippen LogP contribution in [0.2, 0.25) is 0 Å². The number of nitrogens with zero attached hydrogens (tertiary/aromatic N) is 1. The topological polar surface area (TPSA) is 143 Å². The molecule has 10 atom stereocenters. The van der Waals surface area contributed by atoms with E-state index in [0.29, 0.717) is 24.0 Å². The van der Waals surface area contributed by atoms with Crippen LogP contribution in [-0.4, -0.2) is 88.8 Å². The van der Waals surface area contributed by atoms with Gasteiger partial charge in [-0.2, -0.15) is 0 Å². The number of rotatable bonds is 7. The van der Waals surface area contributed by atoms with E-state index in [-0.39, 0.29) is 12.3 Å². The number of carbonyl (C=O) groups excluding carboxylic acids is 3. The maximum atomic E-state index is 13.5. The number of likely N-dealkylation sites (N-methyl/N-ethyl adjacent to an activating group) is 1. The van der Waals surface area contributed by atoms with Gasteiger partial charge in [-0.05, 0) is 73.4 Å². The van der Waals surface area contributed by atoms with Crippen molar-refractivity contribution < 1.29 is 43.9 Å². The maximum absolute atomic E-state index is 13.5. The van der Waals surface area contributed by atoms with E-state index in [0.717, 1.165) is 11.1 Å². The van der Waals surface area contributed by atoms with Crippen molar-refractivity contribution in [2.75, 3.05) is 14.1 Å². The quantitative estimate of drug-likeness (QED) is 0.234. The van der Waals surface area contributed by atoms with Crippen molar-refractivity contribution in [3.8, 4) is 0 Å². The first-order chi connectivity index (χ1) is 20.9. The SMILES string of the molecule is C=C1C(OC(=O)C(O)C(c2ccccc2)N(C)C)CC(O)C2(C)C1CC1CC(OC(C)=O)C(C)=C(C(OC(C)=O)C2O)C1(C)C. The number of hydrogen-bond acceptors (Lipinski definition) is 10. The van der Waals surface area contributed by atoms with Gasteiger partial charge in [0.05, 0.1) is 12.1 Å². The van der Waals surface area contributed by atoms with Gasteiger partial charge in [0.2, 0.25) is 0 Å². The predicted octanol–water partition coefficient (Wildman–Crippen LogP) is 3.50. The average Bonchev–Trinajstić information content (AvgIpc) is 2.94. The highest BCUT2D eigenvalue weighted by atomic mass is 16.6. The molecule has 2 saturated carbocycles. The van der Waals surface area contributed by atoms with Gasteiger partial charge in [0.1, 0.15) is 18.3 Å². The second-order valence-corrected chi connectivity index (χ2v) is 14.0. The van der Waals surface area contributed by atoms with E-state index >= 15 is 0 Å².